The Morgan fingerprint density at radius 3 is 2.74 bits per heavy atom. The SMILES string of the molecule is CCN1CCC(CNc2nn(C)c(=O)n(C)c2=O)C1. The number of nitrogens with zero attached hydrogens (tertiary/aromatic N) is 4. The van der Waals surface area contributed by atoms with E-state index in [1.807, 2.05) is 0 Å². The highest BCUT2D eigenvalue weighted by Gasteiger charge is 2.21. The topological polar surface area (TPSA) is 72.2 Å². The molecule has 1 unspecified atom stereocenters. The zero-order chi connectivity index (χ0) is 14.0. The molecule has 19 heavy (non-hydrogen) atoms. The highest BCUT2D eigenvalue weighted by atomic mass is 16.2. The molecule has 0 spiro atoms. The molecule has 7 heteroatoms. The van der Waals surface area contributed by atoms with E-state index in [4.69, 9.17) is 0 Å². The van der Waals surface area contributed by atoms with Crippen molar-refractivity contribution in [2.24, 2.45) is 20.0 Å². The van der Waals surface area contributed by atoms with Gasteiger partial charge in [0, 0.05) is 27.2 Å². The molecule has 7 nitrogen and oxygen atoms in total. The van der Waals surface area contributed by atoms with Crippen LogP contribution in [0.15, 0.2) is 9.59 Å². The van der Waals surface area contributed by atoms with E-state index in [9.17, 15) is 9.59 Å². The molecular weight excluding hydrogens is 246 g/mol. The van der Waals surface area contributed by atoms with Crippen LogP contribution in [0.25, 0.3) is 0 Å². The summed E-state index contributed by atoms with van der Waals surface area (Å²) in [5.41, 5.74) is -0.776. The van der Waals surface area contributed by atoms with Gasteiger partial charge in [-0.2, -0.15) is 0 Å². The lowest BCUT2D eigenvalue weighted by Gasteiger charge is -2.14. The third kappa shape index (κ3) is 2.86. The number of rotatable bonds is 4. The van der Waals surface area contributed by atoms with Crippen molar-refractivity contribution in [2.45, 2.75) is 13.3 Å². The van der Waals surface area contributed by atoms with Crippen LogP contribution in [0.1, 0.15) is 13.3 Å². The minimum absolute atomic E-state index is 0.250. The molecule has 2 heterocycles. The predicted octanol–water partition coefficient (Wildman–Crippen LogP) is -0.767. The summed E-state index contributed by atoms with van der Waals surface area (Å²) in [6.07, 6.45) is 1.13. The first-order chi connectivity index (χ1) is 9.02. The first-order valence-electron chi connectivity index (χ1n) is 6.63. The molecule has 0 bridgehead atoms. The summed E-state index contributed by atoms with van der Waals surface area (Å²) >= 11 is 0. The summed E-state index contributed by atoms with van der Waals surface area (Å²) in [5.74, 6) is 0.781. The Hall–Kier alpha value is -1.63. The van der Waals surface area contributed by atoms with E-state index in [1.165, 1.54) is 11.7 Å². The minimum atomic E-state index is -0.409. The lowest BCUT2D eigenvalue weighted by molar-refractivity contribution is 0.345. The molecule has 1 saturated heterocycles. The fraction of sp³-hybridized carbons (Fsp3) is 0.750. The van der Waals surface area contributed by atoms with Gasteiger partial charge in [-0.05, 0) is 25.4 Å². The highest BCUT2D eigenvalue weighted by molar-refractivity contribution is 5.29. The number of nitrogens with one attached hydrogen (secondary N) is 1. The molecule has 0 amide bonds. The molecule has 1 aromatic heterocycles. The fourth-order valence-electron chi connectivity index (χ4n) is 2.42. The number of aromatic nitrogens is 3. The Balaban J connectivity index is 2.05. The molecule has 0 radical (unpaired) electrons. The van der Waals surface area contributed by atoms with E-state index in [2.05, 4.69) is 22.2 Å². The van der Waals surface area contributed by atoms with Gasteiger partial charge in [-0.25, -0.2) is 9.48 Å². The Morgan fingerprint density at radius 1 is 1.37 bits per heavy atom. The van der Waals surface area contributed by atoms with Crippen LogP contribution in [0, 0.1) is 5.92 Å². The first-order valence-corrected chi connectivity index (χ1v) is 6.63. The normalized spacial score (nSPS) is 19.8. The third-order valence-electron chi connectivity index (χ3n) is 3.70. The second kappa shape index (κ2) is 5.56. The lowest BCUT2D eigenvalue weighted by atomic mass is 10.1. The molecule has 1 aromatic rings. The standard InChI is InChI=1S/C12H21N5O2/c1-4-17-6-5-9(8-17)7-13-10-11(18)15(2)12(19)16(3)14-10/h9H,4-8H2,1-3H3,(H,13,14). The zero-order valence-electron chi connectivity index (χ0n) is 11.7. The number of anilines is 1. The van der Waals surface area contributed by atoms with E-state index in [0.717, 1.165) is 37.2 Å². The van der Waals surface area contributed by atoms with E-state index in [0.29, 0.717) is 5.92 Å². The van der Waals surface area contributed by atoms with E-state index in [1.54, 1.807) is 7.05 Å². The van der Waals surface area contributed by atoms with Crippen LogP contribution in [-0.2, 0) is 14.1 Å². The maximum atomic E-state index is 11.9. The second-order valence-electron chi connectivity index (χ2n) is 5.05. The monoisotopic (exact) mass is 267 g/mol. The van der Waals surface area contributed by atoms with Crippen molar-refractivity contribution >= 4 is 5.82 Å². The van der Waals surface area contributed by atoms with Crippen molar-refractivity contribution in [1.29, 1.82) is 0 Å². The van der Waals surface area contributed by atoms with Gasteiger partial charge in [-0.3, -0.25) is 9.36 Å². The van der Waals surface area contributed by atoms with Crippen LogP contribution in [0.4, 0.5) is 5.82 Å². The number of hydrogen-bond acceptors (Lipinski definition) is 5. The van der Waals surface area contributed by atoms with Crippen molar-refractivity contribution in [3.8, 4) is 0 Å². The van der Waals surface area contributed by atoms with Crippen molar-refractivity contribution < 1.29 is 0 Å². The van der Waals surface area contributed by atoms with Gasteiger partial charge in [0.15, 0.2) is 0 Å². The molecular formula is C12H21N5O2. The second-order valence-corrected chi connectivity index (χ2v) is 5.05. The van der Waals surface area contributed by atoms with Gasteiger partial charge in [0.2, 0.25) is 5.82 Å². The van der Waals surface area contributed by atoms with Crippen molar-refractivity contribution in [2.75, 3.05) is 31.5 Å². The number of hydrogen-bond donors (Lipinski definition) is 1. The van der Waals surface area contributed by atoms with Gasteiger partial charge in [0.1, 0.15) is 0 Å². The molecule has 1 fully saturated rings. The quantitative estimate of drug-likeness (QED) is 0.776. The molecule has 0 saturated carbocycles. The van der Waals surface area contributed by atoms with Gasteiger partial charge in [-0.1, -0.05) is 6.92 Å². The number of aryl methyl sites for hydroxylation is 1. The highest BCUT2D eigenvalue weighted by Crippen LogP contribution is 2.15. The summed E-state index contributed by atoms with van der Waals surface area (Å²) in [6, 6.07) is 0. The Morgan fingerprint density at radius 2 is 2.11 bits per heavy atom. The number of likely N-dealkylation sites (tertiary alicyclic amines) is 1. The smallest absolute Gasteiger partial charge is 0.346 e. The Kier molecular flexibility index (Phi) is 4.04. The minimum Gasteiger partial charge on any atom is -0.364 e. The van der Waals surface area contributed by atoms with Gasteiger partial charge >= 0.3 is 5.69 Å². The van der Waals surface area contributed by atoms with Crippen LogP contribution < -0.4 is 16.6 Å². The van der Waals surface area contributed by atoms with Gasteiger partial charge < -0.3 is 10.2 Å². The van der Waals surface area contributed by atoms with Crippen molar-refractivity contribution in [3.05, 3.63) is 20.8 Å². The van der Waals surface area contributed by atoms with Crippen molar-refractivity contribution in [3.63, 3.8) is 0 Å². The summed E-state index contributed by atoms with van der Waals surface area (Å²) < 4.78 is 2.25. The average Bonchev–Trinajstić information content (AvgIpc) is 2.87. The molecule has 1 aliphatic rings. The molecule has 0 aromatic carbocycles. The van der Waals surface area contributed by atoms with E-state index >= 15 is 0 Å². The van der Waals surface area contributed by atoms with Crippen LogP contribution in [-0.4, -0.2) is 45.4 Å². The summed E-state index contributed by atoms with van der Waals surface area (Å²) in [4.78, 5) is 25.8. The Bertz CT molecular complexity index is 562. The largest absolute Gasteiger partial charge is 0.364 e. The average molecular weight is 267 g/mol. The lowest BCUT2D eigenvalue weighted by Crippen LogP contribution is -2.40. The summed E-state index contributed by atoms with van der Waals surface area (Å²) in [7, 11) is 3.01. The predicted molar refractivity (Wildman–Crippen MR) is 73.4 cm³/mol. The molecule has 2 rings (SSSR count). The zero-order valence-corrected chi connectivity index (χ0v) is 11.7. The fourth-order valence-corrected chi connectivity index (χ4v) is 2.42. The summed E-state index contributed by atoms with van der Waals surface area (Å²) in [5, 5.41) is 7.06. The van der Waals surface area contributed by atoms with Gasteiger partial charge in [0.25, 0.3) is 5.56 Å². The van der Waals surface area contributed by atoms with Crippen LogP contribution in [0.3, 0.4) is 0 Å². The molecule has 1 aliphatic heterocycles. The van der Waals surface area contributed by atoms with Crippen LogP contribution in [0.5, 0.6) is 0 Å². The molecule has 1 N–H and O–H groups in total. The molecule has 106 valence electrons. The summed E-state index contributed by atoms with van der Waals surface area (Å²) in [6.45, 7) is 6.10. The van der Waals surface area contributed by atoms with Gasteiger partial charge in [-0.15, -0.1) is 5.10 Å². The van der Waals surface area contributed by atoms with Crippen LogP contribution in [0.2, 0.25) is 0 Å². The first kappa shape index (κ1) is 13.8. The molecule has 1 atom stereocenters. The van der Waals surface area contributed by atoms with Crippen molar-refractivity contribution in [1.82, 2.24) is 19.2 Å². The molecule has 0 aliphatic carbocycles. The maximum absolute atomic E-state index is 11.9. The van der Waals surface area contributed by atoms with Crippen LogP contribution >= 0.6 is 0 Å². The van der Waals surface area contributed by atoms with Gasteiger partial charge in [0.05, 0.1) is 0 Å². The van der Waals surface area contributed by atoms with E-state index in [-0.39, 0.29) is 11.4 Å². The Labute approximate surface area is 111 Å². The van der Waals surface area contributed by atoms with E-state index < -0.39 is 5.69 Å². The third-order valence-corrected chi connectivity index (χ3v) is 3.70. The maximum Gasteiger partial charge on any atom is 0.346 e.